The molecule has 4 rings (SSSR count). The van der Waals surface area contributed by atoms with Crippen molar-refractivity contribution in [1.82, 2.24) is 9.47 Å². The van der Waals surface area contributed by atoms with Gasteiger partial charge in [0.25, 0.3) is 20.2 Å². The molecule has 0 bridgehead atoms. The molecule has 1 aliphatic rings. The minimum absolute atomic E-state index is 0.194. The third kappa shape index (κ3) is 4.26. The Morgan fingerprint density at radius 3 is 2.25 bits per heavy atom. The molecule has 1 aromatic heterocycles. The Hall–Kier alpha value is -2.07. The summed E-state index contributed by atoms with van der Waals surface area (Å²) in [4.78, 5) is 2.65. The van der Waals surface area contributed by atoms with E-state index in [0.717, 1.165) is 11.2 Å². The summed E-state index contributed by atoms with van der Waals surface area (Å²) in [5.41, 5.74) is 1.52. The normalized spacial score (nSPS) is 16.9. The number of thioether (sulfide) groups is 1. The van der Waals surface area contributed by atoms with Crippen LogP contribution in [0.4, 0.5) is 5.69 Å². The third-order valence-corrected chi connectivity index (χ3v) is 8.52. The SMILES string of the molecule is CCn1/c(=N/N=C2/Sc3cc(S(=O)(=O)O)ccc3[N+]2CC)sc2cc(S(=O)(=O)O)ccc21. The van der Waals surface area contributed by atoms with Gasteiger partial charge < -0.3 is 4.57 Å². The van der Waals surface area contributed by atoms with Crippen LogP contribution in [0.1, 0.15) is 13.8 Å². The van der Waals surface area contributed by atoms with Crippen molar-refractivity contribution in [3.63, 3.8) is 0 Å². The van der Waals surface area contributed by atoms with Crippen LogP contribution in [-0.4, -0.2) is 42.2 Å². The van der Waals surface area contributed by atoms with Gasteiger partial charge in [-0.1, -0.05) is 21.3 Å². The lowest BCUT2D eigenvalue weighted by Gasteiger charge is -2.02. The molecule has 2 aromatic carbocycles. The summed E-state index contributed by atoms with van der Waals surface area (Å²) in [6.45, 7) is 4.98. The molecular formula is C18H18N4O6S4+. The molecule has 10 nitrogen and oxygen atoms in total. The highest BCUT2D eigenvalue weighted by atomic mass is 32.2. The molecule has 3 aromatic rings. The standard InChI is InChI=1S/C18H18N4O6S4/c1-3-21-13-7-5-11(31(23,24)25)9-15(13)29-17(21)19-20-18-22(4-2)14-8-6-12(32(26,27)28)10-16(14)30-18/h5-10H,3-4H2,1-2H3,(H,23,24,25)(H,26,27,28)/q+1/b19-17-,20-18+. The zero-order valence-electron chi connectivity index (χ0n) is 16.8. The first-order valence-electron chi connectivity index (χ1n) is 9.32. The fraction of sp³-hybridized carbons (Fsp3) is 0.222. The summed E-state index contributed by atoms with van der Waals surface area (Å²) < 4.78 is 66.9. The minimum Gasteiger partial charge on any atom is -0.315 e. The number of aromatic nitrogens is 1. The Morgan fingerprint density at radius 2 is 1.62 bits per heavy atom. The Kier molecular flexibility index (Phi) is 6.04. The number of nitrogens with zero attached hydrogens (tertiary/aromatic N) is 4. The van der Waals surface area contributed by atoms with Crippen LogP contribution in [0.25, 0.3) is 10.2 Å². The van der Waals surface area contributed by atoms with Gasteiger partial charge in [0.15, 0.2) is 0 Å². The maximum absolute atomic E-state index is 11.4. The van der Waals surface area contributed by atoms with Crippen LogP contribution in [0.3, 0.4) is 0 Å². The molecule has 1 aliphatic heterocycles. The van der Waals surface area contributed by atoms with E-state index >= 15 is 0 Å². The van der Waals surface area contributed by atoms with Crippen LogP contribution in [0.15, 0.2) is 61.3 Å². The zero-order valence-corrected chi connectivity index (χ0v) is 20.1. The summed E-state index contributed by atoms with van der Waals surface area (Å²) in [6.07, 6.45) is 0. The summed E-state index contributed by atoms with van der Waals surface area (Å²) >= 11 is 2.47. The van der Waals surface area contributed by atoms with Gasteiger partial charge in [-0.3, -0.25) is 9.11 Å². The van der Waals surface area contributed by atoms with Gasteiger partial charge >= 0.3 is 5.17 Å². The quantitative estimate of drug-likeness (QED) is 0.302. The molecule has 169 valence electrons. The second-order valence-electron chi connectivity index (χ2n) is 6.67. The fourth-order valence-electron chi connectivity index (χ4n) is 3.28. The number of aryl methyl sites for hydroxylation is 1. The average Bonchev–Trinajstić information content (AvgIpc) is 3.26. The van der Waals surface area contributed by atoms with Gasteiger partial charge in [-0.25, -0.2) is 0 Å². The molecule has 0 aliphatic carbocycles. The number of fused-ring (bicyclic) bond motifs is 2. The van der Waals surface area contributed by atoms with Crippen molar-refractivity contribution in [3.8, 4) is 0 Å². The summed E-state index contributed by atoms with van der Waals surface area (Å²) in [6, 6.07) is 8.68. The second-order valence-corrected chi connectivity index (χ2v) is 11.5. The molecule has 2 N–H and O–H groups in total. The van der Waals surface area contributed by atoms with Gasteiger partial charge in [-0.2, -0.15) is 16.8 Å². The predicted octanol–water partition coefficient (Wildman–Crippen LogP) is 2.99. The molecule has 0 amide bonds. The van der Waals surface area contributed by atoms with Crippen LogP contribution >= 0.6 is 23.1 Å². The largest absolute Gasteiger partial charge is 0.342 e. The third-order valence-electron chi connectivity index (χ3n) is 4.76. The van der Waals surface area contributed by atoms with Crippen molar-refractivity contribution < 1.29 is 25.9 Å². The molecule has 0 saturated heterocycles. The van der Waals surface area contributed by atoms with Crippen LogP contribution in [0.5, 0.6) is 0 Å². The monoisotopic (exact) mass is 514 g/mol. The zero-order chi connectivity index (χ0) is 23.3. The highest BCUT2D eigenvalue weighted by molar-refractivity contribution is 8.14. The lowest BCUT2D eigenvalue weighted by molar-refractivity contribution is 0.481. The van der Waals surface area contributed by atoms with E-state index < -0.39 is 20.2 Å². The van der Waals surface area contributed by atoms with Crippen molar-refractivity contribution in [2.24, 2.45) is 10.2 Å². The molecule has 14 heteroatoms. The summed E-state index contributed by atoms with van der Waals surface area (Å²) in [7, 11) is -8.63. The molecule has 1 radical (unpaired) electrons. The first-order valence-corrected chi connectivity index (χ1v) is 13.8. The van der Waals surface area contributed by atoms with Crippen molar-refractivity contribution in [3.05, 3.63) is 41.2 Å². The maximum atomic E-state index is 11.4. The van der Waals surface area contributed by atoms with Crippen molar-refractivity contribution in [2.45, 2.75) is 35.1 Å². The predicted molar refractivity (Wildman–Crippen MR) is 123 cm³/mol. The van der Waals surface area contributed by atoms with Crippen LogP contribution < -0.4 is 9.70 Å². The molecule has 0 saturated carbocycles. The average molecular weight is 515 g/mol. The highest BCUT2D eigenvalue weighted by Gasteiger charge is 2.38. The molecule has 0 spiro atoms. The Morgan fingerprint density at radius 1 is 0.969 bits per heavy atom. The highest BCUT2D eigenvalue weighted by Crippen LogP contribution is 2.41. The number of benzene rings is 2. The van der Waals surface area contributed by atoms with Gasteiger partial charge in [0.05, 0.1) is 24.9 Å². The van der Waals surface area contributed by atoms with E-state index in [1.165, 1.54) is 47.4 Å². The van der Waals surface area contributed by atoms with Gasteiger partial charge in [0, 0.05) is 24.4 Å². The number of rotatable bonds is 5. The second kappa shape index (κ2) is 8.37. The van der Waals surface area contributed by atoms with E-state index in [-0.39, 0.29) is 9.79 Å². The lowest BCUT2D eigenvalue weighted by Crippen LogP contribution is -2.25. The van der Waals surface area contributed by atoms with E-state index in [1.54, 1.807) is 12.1 Å². The van der Waals surface area contributed by atoms with Crippen molar-refractivity contribution in [2.75, 3.05) is 6.54 Å². The first-order chi connectivity index (χ1) is 15.0. The minimum atomic E-state index is -4.32. The van der Waals surface area contributed by atoms with E-state index in [9.17, 15) is 25.9 Å². The van der Waals surface area contributed by atoms with Crippen LogP contribution in [0.2, 0.25) is 0 Å². The van der Waals surface area contributed by atoms with E-state index in [4.69, 9.17) is 0 Å². The maximum Gasteiger partial charge on any atom is 0.342 e. The van der Waals surface area contributed by atoms with Crippen LogP contribution in [0, 0.1) is 0 Å². The van der Waals surface area contributed by atoms with E-state index in [0.29, 0.717) is 32.7 Å². The Bertz CT molecular complexity index is 1540. The fourth-order valence-corrected chi connectivity index (χ4v) is 6.61. The number of anilines is 1. The Balaban J connectivity index is 1.79. The molecule has 32 heavy (non-hydrogen) atoms. The van der Waals surface area contributed by atoms with E-state index in [2.05, 4.69) is 10.2 Å². The summed E-state index contributed by atoms with van der Waals surface area (Å²) in [5, 5.41) is 9.27. The molecular weight excluding hydrogens is 496 g/mol. The van der Waals surface area contributed by atoms with Crippen molar-refractivity contribution in [1.29, 1.82) is 0 Å². The number of thiazole rings is 1. The smallest absolute Gasteiger partial charge is 0.315 e. The number of hydrogen-bond donors (Lipinski definition) is 2. The van der Waals surface area contributed by atoms with Crippen LogP contribution in [-0.2, 0) is 26.8 Å². The molecule has 0 atom stereocenters. The lowest BCUT2D eigenvalue weighted by atomic mass is 10.3. The van der Waals surface area contributed by atoms with E-state index in [1.807, 2.05) is 23.3 Å². The van der Waals surface area contributed by atoms with Gasteiger partial charge in [-0.05, 0) is 44.2 Å². The first kappa shape index (κ1) is 23.1. The van der Waals surface area contributed by atoms with Gasteiger partial charge in [0.2, 0.25) is 10.5 Å². The summed E-state index contributed by atoms with van der Waals surface area (Å²) in [5.74, 6) is 0. The molecule has 0 unspecified atom stereocenters. The van der Waals surface area contributed by atoms with Crippen molar-refractivity contribution >= 4 is 64.4 Å². The van der Waals surface area contributed by atoms with Gasteiger partial charge in [0.1, 0.15) is 6.54 Å². The number of amidine groups is 1. The topological polar surface area (TPSA) is 144 Å². The Labute approximate surface area is 192 Å². The molecule has 2 heterocycles. The molecule has 0 fully saturated rings. The van der Waals surface area contributed by atoms with Gasteiger partial charge in [-0.15, -0.1) is 5.10 Å². The number of hydrogen-bond acceptors (Lipinski definition) is 8.